The van der Waals surface area contributed by atoms with E-state index in [1.54, 1.807) is 0 Å². The van der Waals surface area contributed by atoms with Gasteiger partial charge in [-0.05, 0) is 44.9 Å². The molecule has 0 saturated carbocycles. The molecule has 0 bridgehead atoms. The minimum atomic E-state index is -0.874. The number of aliphatic carboxylic acids is 1. The molecule has 340 valence electrons. The highest BCUT2D eigenvalue weighted by atomic mass is 16.6. The molecule has 8 heteroatoms. The van der Waals surface area contributed by atoms with Gasteiger partial charge < -0.3 is 23.8 Å². The molecule has 58 heavy (non-hydrogen) atoms. The van der Waals surface area contributed by atoms with Gasteiger partial charge in [0, 0.05) is 19.3 Å². The Kier molecular flexibility index (Phi) is 40.0. The first-order valence-corrected chi connectivity index (χ1v) is 24.4. The molecular formula is C50H94NO7+. The van der Waals surface area contributed by atoms with Gasteiger partial charge in [0.1, 0.15) is 6.61 Å². The van der Waals surface area contributed by atoms with Crippen molar-refractivity contribution < 1.29 is 38.2 Å². The summed E-state index contributed by atoms with van der Waals surface area (Å²) in [4.78, 5) is 37.1. The minimum Gasteiger partial charge on any atom is -0.477 e. The lowest BCUT2D eigenvalue weighted by molar-refractivity contribution is -0.887. The quantitative estimate of drug-likeness (QED) is 0.0283. The van der Waals surface area contributed by atoms with Gasteiger partial charge >= 0.3 is 17.9 Å². The van der Waals surface area contributed by atoms with Gasteiger partial charge in [-0.25, -0.2) is 4.79 Å². The summed E-state index contributed by atoms with van der Waals surface area (Å²) in [5, 5.41) is 9.64. The zero-order valence-corrected chi connectivity index (χ0v) is 38.8. The average Bonchev–Trinajstić information content (AvgIpc) is 3.18. The van der Waals surface area contributed by atoms with E-state index in [-0.39, 0.29) is 36.2 Å². The summed E-state index contributed by atoms with van der Waals surface area (Å²) < 4.78 is 17.3. The number of nitrogens with zero attached hydrogens (tertiary/aromatic N) is 1. The van der Waals surface area contributed by atoms with E-state index in [0.29, 0.717) is 19.3 Å². The van der Waals surface area contributed by atoms with Crippen molar-refractivity contribution in [3.63, 3.8) is 0 Å². The van der Waals surface area contributed by atoms with E-state index in [0.717, 1.165) is 51.4 Å². The predicted molar refractivity (Wildman–Crippen MR) is 243 cm³/mol. The van der Waals surface area contributed by atoms with Gasteiger partial charge in [0.25, 0.3) is 0 Å². The zero-order valence-electron chi connectivity index (χ0n) is 38.8. The second kappa shape index (κ2) is 41.5. The first-order chi connectivity index (χ1) is 28.1. The predicted octanol–water partition coefficient (Wildman–Crippen LogP) is 13.6. The van der Waals surface area contributed by atoms with Crippen molar-refractivity contribution in [2.75, 3.05) is 41.0 Å². The van der Waals surface area contributed by atoms with Gasteiger partial charge in [-0.3, -0.25) is 9.59 Å². The van der Waals surface area contributed by atoms with Crippen LogP contribution in [0.4, 0.5) is 0 Å². The summed E-state index contributed by atoms with van der Waals surface area (Å²) in [6.45, 7) is 4.74. The third-order valence-corrected chi connectivity index (χ3v) is 11.1. The number of hydrogen-bond acceptors (Lipinski definition) is 6. The molecule has 1 N–H and O–H groups in total. The molecule has 0 amide bonds. The molecule has 0 aromatic carbocycles. The average molecular weight is 821 g/mol. The van der Waals surface area contributed by atoms with Crippen molar-refractivity contribution in [2.24, 2.45) is 0 Å². The van der Waals surface area contributed by atoms with Crippen molar-refractivity contribution in [1.82, 2.24) is 0 Å². The third kappa shape index (κ3) is 39.3. The number of esters is 2. The molecule has 0 aliphatic heterocycles. The van der Waals surface area contributed by atoms with Gasteiger partial charge in [-0.1, -0.05) is 186 Å². The lowest BCUT2D eigenvalue weighted by Gasteiger charge is -2.31. The fourth-order valence-electron chi connectivity index (χ4n) is 7.30. The van der Waals surface area contributed by atoms with Gasteiger partial charge in [-0.15, -0.1) is 0 Å². The Labute approximate surface area is 358 Å². The zero-order chi connectivity index (χ0) is 42.8. The number of ether oxygens (including phenoxy) is 3. The monoisotopic (exact) mass is 821 g/mol. The number of carboxylic acid groups (broad SMARTS) is 1. The number of likely N-dealkylation sites (N-methyl/N-ethyl adjacent to an activating group) is 1. The highest BCUT2D eigenvalue weighted by Gasteiger charge is 2.31. The Morgan fingerprint density at radius 3 is 1.36 bits per heavy atom. The van der Waals surface area contributed by atoms with Crippen LogP contribution in [0.1, 0.15) is 226 Å². The molecule has 0 spiro atoms. The summed E-state index contributed by atoms with van der Waals surface area (Å²) in [6, 6.07) is -0.613. The van der Waals surface area contributed by atoms with E-state index < -0.39 is 18.1 Å². The van der Waals surface area contributed by atoms with E-state index in [1.807, 2.05) is 21.1 Å². The number of unbranched alkanes of at least 4 members (excludes halogenated alkanes) is 26. The summed E-state index contributed by atoms with van der Waals surface area (Å²) in [6.07, 6.45) is 46.4. The molecule has 0 heterocycles. The van der Waals surface area contributed by atoms with Gasteiger partial charge in [0.15, 0.2) is 12.1 Å². The van der Waals surface area contributed by atoms with Crippen LogP contribution in [-0.2, 0) is 28.6 Å². The van der Waals surface area contributed by atoms with Crippen LogP contribution in [0.15, 0.2) is 24.3 Å². The fraction of sp³-hybridized carbons (Fsp3) is 0.860. The minimum absolute atomic E-state index is 0.0494. The molecule has 0 fully saturated rings. The molecule has 0 radical (unpaired) electrons. The first kappa shape index (κ1) is 55.8. The normalized spacial score (nSPS) is 13.1. The Balaban J connectivity index is 4.27. The molecule has 0 saturated heterocycles. The Morgan fingerprint density at radius 2 is 0.914 bits per heavy atom. The van der Waals surface area contributed by atoms with E-state index in [1.165, 1.54) is 141 Å². The van der Waals surface area contributed by atoms with Crippen molar-refractivity contribution >= 4 is 17.9 Å². The van der Waals surface area contributed by atoms with Crippen LogP contribution in [0.3, 0.4) is 0 Å². The highest BCUT2D eigenvalue weighted by Crippen LogP contribution is 2.16. The van der Waals surface area contributed by atoms with Gasteiger partial charge in [0.2, 0.25) is 0 Å². The Hall–Kier alpha value is -2.19. The van der Waals surface area contributed by atoms with Crippen molar-refractivity contribution in [3.8, 4) is 0 Å². The smallest absolute Gasteiger partial charge is 0.362 e. The molecule has 0 aliphatic rings. The molecular weight excluding hydrogens is 727 g/mol. The molecule has 8 nitrogen and oxygen atoms in total. The number of hydrogen-bond donors (Lipinski definition) is 1. The van der Waals surface area contributed by atoms with E-state index in [4.69, 9.17) is 14.2 Å². The van der Waals surface area contributed by atoms with Gasteiger partial charge in [0.05, 0.1) is 34.4 Å². The van der Waals surface area contributed by atoms with E-state index in [9.17, 15) is 19.5 Å². The molecule has 0 aromatic heterocycles. The van der Waals surface area contributed by atoms with Crippen LogP contribution >= 0.6 is 0 Å². The van der Waals surface area contributed by atoms with Crippen molar-refractivity contribution in [1.29, 1.82) is 0 Å². The Bertz CT molecular complexity index is 1000. The van der Waals surface area contributed by atoms with Crippen LogP contribution in [0.5, 0.6) is 0 Å². The van der Waals surface area contributed by atoms with Crippen molar-refractivity contribution in [2.45, 2.75) is 238 Å². The maximum atomic E-state index is 12.8. The summed E-state index contributed by atoms with van der Waals surface area (Å²) in [7, 11) is 5.54. The van der Waals surface area contributed by atoms with Crippen LogP contribution in [0.2, 0.25) is 0 Å². The molecule has 0 aliphatic carbocycles. The summed E-state index contributed by atoms with van der Waals surface area (Å²) in [5.41, 5.74) is 0. The van der Waals surface area contributed by atoms with E-state index in [2.05, 4.69) is 38.2 Å². The summed E-state index contributed by atoms with van der Waals surface area (Å²) >= 11 is 0. The number of carboxylic acids is 1. The number of quaternary nitrogens is 1. The maximum absolute atomic E-state index is 12.8. The van der Waals surface area contributed by atoms with Crippen molar-refractivity contribution in [3.05, 3.63) is 24.3 Å². The number of rotatable bonds is 44. The van der Waals surface area contributed by atoms with Crippen LogP contribution in [-0.4, -0.2) is 80.6 Å². The lowest BCUT2D eigenvalue weighted by Crippen LogP contribution is -2.50. The first-order valence-electron chi connectivity index (χ1n) is 24.4. The molecule has 0 aromatic rings. The second-order valence-corrected chi connectivity index (χ2v) is 17.7. The molecule has 0 rings (SSSR count). The largest absolute Gasteiger partial charge is 0.477 e. The Morgan fingerprint density at radius 1 is 0.517 bits per heavy atom. The standard InChI is InChI=1S/C50H93NO7/c1-6-8-10-12-14-16-18-20-22-24-26-28-30-32-34-36-38-40-48(52)57-45-46(44-56-43-42-47(50(54)55)51(3,4)5)58-49(53)41-39-37-35-33-31-29-27-25-23-21-19-17-15-13-11-9-7-2/h15,17,21,23,46-47H,6-14,16,18-20,22,24-45H2,1-5H3/p+1/b17-15+,23-21+. The summed E-state index contributed by atoms with van der Waals surface area (Å²) in [5.74, 6) is -1.46. The third-order valence-electron chi connectivity index (χ3n) is 11.1. The topological polar surface area (TPSA) is 99.1 Å². The fourth-order valence-corrected chi connectivity index (χ4v) is 7.30. The van der Waals surface area contributed by atoms with Crippen LogP contribution < -0.4 is 0 Å². The number of allylic oxidation sites excluding steroid dienone is 4. The van der Waals surface area contributed by atoms with E-state index >= 15 is 0 Å². The van der Waals surface area contributed by atoms with Gasteiger partial charge in [-0.2, -0.15) is 0 Å². The maximum Gasteiger partial charge on any atom is 0.362 e. The molecule has 2 atom stereocenters. The highest BCUT2D eigenvalue weighted by molar-refractivity contribution is 5.72. The second-order valence-electron chi connectivity index (χ2n) is 17.7. The number of carbonyl (C=O) groups is 3. The SMILES string of the molecule is CCCCC/C=C/C/C=C/CCCCCCCCCC(=O)OC(COCCC(C(=O)O)[N+](C)(C)C)COC(=O)CCCCCCCCCCCCCCCCCCC. The van der Waals surface area contributed by atoms with Crippen LogP contribution in [0, 0.1) is 0 Å². The molecule has 2 unspecified atom stereocenters. The lowest BCUT2D eigenvalue weighted by atomic mass is 10.0. The number of carbonyl (C=O) groups excluding carboxylic acids is 2. The van der Waals surface area contributed by atoms with Crippen LogP contribution in [0.25, 0.3) is 0 Å².